The Bertz CT molecular complexity index is 372. The van der Waals surface area contributed by atoms with Gasteiger partial charge in [0.1, 0.15) is 0 Å². The highest BCUT2D eigenvalue weighted by Crippen LogP contribution is 2.06. The molecule has 0 atom stereocenters. The zero-order valence-corrected chi connectivity index (χ0v) is 8.94. The van der Waals surface area contributed by atoms with Crippen molar-refractivity contribution in [3.63, 3.8) is 0 Å². The molecular weight excluding hydrogens is 188 g/mol. The summed E-state index contributed by atoms with van der Waals surface area (Å²) in [5.41, 5.74) is -0.299. The summed E-state index contributed by atoms with van der Waals surface area (Å²) in [6.07, 6.45) is 0. The number of hydrogen-bond acceptors (Lipinski definition) is 2. The molecular formula is C8H8O4Si. The maximum absolute atomic E-state index is 10.6. The van der Waals surface area contributed by atoms with Crippen LogP contribution in [0.25, 0.3) is 0 Å². The van der Waals surface area contributed by atoms with Crippen molar-refractivity contribution in [3.8, 4) is 0 Å². The van der Waals surface area contributed by atoms with Gasteiger partial charge in [-0.3, -0.25) is 0 Å². The molecule has 0 saturated carbocycles. The van der Waals surface area contributed by atoms with Crippen molar-refractivity contribution in [2.24, 2.45) is 0 Å². The number of carboxylic acid groups (broad SMARTS) is 2. The van der Waals surface area contributed by atoms with E-state index < -0.39 is 11.9 Å². The van der Waals surface area contributed by atoms with Gasteiger partial charge in [0.2, 0.25) is 0 Å². The summed E-state index contributed by atoms with van der Waals surface area (Å²) in [7, 11) is 0.706. The van der Waals surface area contributed by atoms with E-state index in [0.717, 1.165) is 5.19 Å². The Kier molecular flexibility index (Phi) is 2.48. The Hall–Kier alpha value is -1.62. The lowest BCUT2D eigenvalue weighted by atomic mass is 10.1. The number of hydrogen-bond donors (Lipinski definition) is 2. The first-order chi connectivity index (χ1) is 6.02. The highest BCUT2D eigenvalue weighted by Gasteiger charge is 2.14. The van der Waals surface area contributed by atoms with Gasteiger partial charge in [-0.15, -0.1) is 0 Å². The third-order valence-corrected chi connectivity index (χ3v) is 2.26. The van der Waals surface area contributed by atoms with Crippen LogP contribution in [-0.4, -0.2) is 32.4 Å². The Morgan fingerprint density at radius 3 is 2.08 bits per heavy atom. The van der Waals surface area contributed by atoms with Crippen molar-refractivity contribution in [2.45, 2.75) is 0 Å². The van der Waals surface area contributed by atoms with E-state index in [2.05, 4.69) is 0 Å². The van der Waals surface area contributed by atoms with Crippen LogP contribution in [0.5, 0.6) is 0 Å². The second kappa shape index (κ2) is 3.40. The van der Waals surface area contributed by atoms with Gasteiger partial charge < -0.3 is 10.2 Å². The topological polar surface area (TPSA) is 74.6 Å². The molecule has 0 aliphatic rings. The molecule has 1 rings (SSSR count). The fraction of sp³-hybridized carbons (Fsp3) is 0. The molecule has 0 unspecified atom stereocenters. The third-order valence-electron chi connectivity index (χ3n) is 1.64. The maximum Gasteiger partial charge on any atom is 0.336 e. The van der Waals surface area contributed by atoms with Crippen molar-refractivity contribution >= 4 is 27.4 Å². The van der Waals surface area contributed by atoms with Gasteiger partial charge in [-0.05, 0) is 12.1 Å². The van der Waals surface area contributed by atoms with Crippen LogP contribution < -0.4 is 5.19 Å². The van der Waals surface area contributed by atoms with E-state index in [1.165, 1.54) is 12.1 Å². The molecule has 0 aliphatic heterocycles. The molecule has 0 saturated heterocycles. The fourth-order valence-corrected chi connectivity index (χ4v) is 1.48. The molecule has 4 nitrogen and oxygen atoms in total. The van der Waals surface area contributed by atoms with E-state index in [-0.39, 0.29) is 11.1 Å². The molecule has 0 fully saturated rings. The van der Waals surface area contributed by atoms with Crippen LogP contribution >= 0.6 is 0 Å². The standard InChI is InChI=1S/C8H8O4Si/c9-7(10)5-2-1-4(13)3-6(5)8(11)12/h1-3H,13H3,(H,9,10)(H,11,12). The zero-order chi connectivity index (χ0) is 10.0. The fourth-order valence-electron chi connectivity index (χ4n) is 1.02. The summed E-state index contributed by atoms with van der Waals surface area (Å²) in [5, 5.41) is 18.2. The predicted molar refractivity (Wildman–Crippen MR) is 49.9 cm³/mol. The molecule has 13 heavy (non-hydrogen) atoms. The first kappa shape index (κ1) is 9.46. The minimum atomic E-state index is -1.21. The van der Waals surface area contributed by atoms with Crippen LogP contribution in [0, 0.1) is 0 Å². The highest BCUT2D eigenvalue weighted by molar-refractivity contribution is 6.32. The van der Waals surface area contributed by atoms with Gasteiger partial charge >= 0.3 is 11.9 Å². The zero-order valence-electron chi connectivity index (χ0n) is 6.94. The second-order valence-electron chi connectivity index (χ2n) is 2.66. The molecule has 5 heteroatoms. The number of aromatic carboxylic acids is 2. The quantitative estimate of drug-likeness (QED) is 0.599. The van der Waals surface area contributed by atoms with Crippen LogP contribution in [-0.2, 0) is 0 Å². The number of benzene rings is 1. The molecule has 2 N–H and O–H groups in total. The summed E-state index contributed by atoms with van der Waals surface area (Å²) < 4.78 is 0. The molecule has 0 radical (unpaired) electrons. The van der Waals surface area contributed by atoms with Gasteiger partial charge in [0.25, 0.3) is 0 Å². The van der Waals surface area contributed by atoms with Crippen LogP contribution in [0.1, 0.15) is 20.7 Å². The molecule has 0 heterocycles. The van der Waals surface area contributed by atoms with Crippen LogP contribution in [0.15, 0.2) is 18.2 Å². The van der Waals surface area contributed by atoms with E-state index in [1.54, 1.807) is 6.07 Å². The average molecular weight is 196 g/mol. The molecule has 0 aromatic heterocycles. The Morgan fingerprint density at radius 1 is 1.08 bits per heavy atom. The predicted octanol–water partition coefficient (Wildman–Crippen LogP) is -0.926. The van der Waals surface area contributed by atoms with Crippen molar-refractivity contribution in [3.05, 3.63) is 29.3 Å². The third kappa shape index (κ3) is 1.94. The normalized spacial score (nSPS) is 9.85. The lowest BCUT2D eigenvalue weighted by Crippen LogP contribution is -2.13. The Labute approximate surface area is 77.2 Å². The minimum Gasteiger partial charge on any atom is -0.478 e. The largest absolute Gasteiger partial charge is 0.478 e. The van der Waals surface area contributed by atoms with Crippen LogP contribution in [0.4, 0.5) is 0 Å². The summed E-state index contributed by atoms with van der Waals surface area (Å²) in [4.78, 5) is 21.2. The van der Waals surface area contributed by atoms with Gasteiger partial charge in [0, 0.05) is 10.2 Å². The van der Waals surface area contributed by atoms with Gasteiger partial charge in [-0.1, -0.05) is 11.3 Å². The van der Waals surface area contributed by atoms with Gasteiger partial charge in [-0.2, -0.15) is 0 Å². The number of rotatable bonds is 2. The van der Waals surface area contributed by atoms with E-state index in [9.17, 15) is 9.59 Å². The van der Waals surface area contributed by atoms with Crippen molar-refractivity contribution in [2.75, 3.05) is 0 Å². The monoisotopic (exact) mass is 196 g/mol. The maximum atomic E-state index is 10.6. The molecule has 68 valence electrons. The Balaban J connectivity index is 3.35. The van der Waals surface area contributed by atoms with E-state index in [1.807, 2.05) is 0 Å². The van der Waals surface area contributed by atoms with Gasteiger partial charge in [-0.25, -0.2) is 9.59 Å². The minimum absolute atomic E-state index is 0.139. The highest BCUT2D eigenvalue weighted by atomic mass is 28.1. The summed E-state index contributed by atoms with van der Waals surface area (Å²) >= 11 is 0. The molecule has 0 aliphatic carbocycles. The first-order valence-corrected chi connectivity index (χ1v) is 4.59. The second-order valence-corrected chi connectivity index (χ2v) is 3.81. The molecule has 0 bridgehead atoms. The van der Waals surface area contributed by atoms with Crippen molar-refractivity contribution in [1.82, 2.24) is 0 Å². The van der Waals surface area contributed by atoms with Crippen LogP contribution in [0.3, 0.4) is 0 Å². The van der Waals surface area contributed by atoms with E-state index >= 15 is 0 Å². The van der Waals surface area contributed by atoms with Crippen LogP contribution in [0.2, 0.25) is 0 Å². The van der Waals surface area contributed by atoms with E-state index in [0.29, 0.717) is 10.2 Å². The van der Waals surface area contributed by atoms with Gasteiger partial charge in [0.15, 0.2) is 0 Å². The summed E-state index contributed by atoms with van der Waals surface area (Å²) in [5.74, 6) is -2.41. The van der Waals surface area contributed by atoms with Crippen molar-refractivity contribution < 1.29 is 19.8 Å². The van der Waals surface area contributed by atoms with Crippen molar-refractivity contribution in [1.29, 1.82) is 0 Å². The summed E-state index contributed by atoms with van der Waals surface area (Å²) in [6.45, 7) is 0. The number of carbonyl (C=O) groups is 2. The smallest absolute Gasteiger partial charge is 0.336 e. The number of carboxylic acids is 2. The van der Waals surface area contributed by atoms with Gasteiger partial charge in [0.05, 0.1) is 11.1 Å². The molecule has 1 aromatic carbocycles. The summed E-state index contributed by atoms with van der Waals surface area (Å²) in [6, 6.07) is 4.36. The molecule has 0 amide bonds. The first-order valence-electron chi connectivity index (χ1n) is 3.59. The molecule has 1 aromatic rings. The lowest BCUT2D eigenvalue weighted by molar-refractivity contribution is 0.0651. The SMILES string of the molecule is O=C(O)c1ccc([SiH3])cc1C(=O)O. The lowest BCUT2D eigenvalue weighted by Gasteiger charge is -2.01. The Morgan fingerprint density at radius 2 is 1.62 bits per heavy atom. The van der Waals surface area contributed by atoms with E-state index in [4.69, 9.17) is 10.2 Å². The molecule has 0 spiro atoms. The average Bonchev–Trinajstić information content (AvgIpc) is 2.03.